The molecule has 0 unspecified atom stereocenters. The fourth-order valence-corrected chi connectivity index (χ4v) is 8.86. The van der Waals surface area contributed by atoms with Crippen LogP contribution in [0.5, 0.6) is 0 Å². The zero-order chi connectivity index (χ0) is 32.6. The van der Waals surface area contributed by atoms with Gasteiger partial charge in [-0.2, -0.15) is 0 Å². The summed E-state index contributed by atoms with van der Waals surface area (Å²) in [6.45, 7) is 0. The number of aryl methyl sites for hydroxylation is 6. The highest BCUT2D eigenvalue weighted by molar-refractivity contribution is 7.85. The van der Waals surface area contributed by atoms with Gasteiger partial charge in [-0.25, -0.2) is 0 Å². The van der Waals surface area contributed by atoms with E-state index in [1.165, 1.54) is 33.4 Å². The zero-order valence-corrected chi connectivity index (χ0v) is 29.3. The van der Waals surface area contributed by atoms with Crippen LogP contribution in [0.4, 0.5) is 0 Å². The van der Waals surface area contributed by atoms with Crippen LogP contribution in [-0.4, -0.2) is 0 Å². The topological polar surface area (TPSA) is 17.1 Å². The molecule has 0 radical (unpaired) electrons. The smallest absolute Gasteiger partial charge is 0.171 e. The molecule has 0 saturated carbocycles. The number of hydrogen-bond acceptors (Lipinski definition) is 1. The standard InChI is InChI=1S/C42H36Cl3OP/c43-37-19-7-31(8-20-37)1-4-34-13-25-40(26-14-34)47(46,41-27-15-35(16-28-41)5-2-32-9-21-38(44)22-10-32)42-29-17-36(18-30-42)6-3-33-11-23-39(45)24-12-33/h7-30H,1-6H2. The Bertz CT molecular complexity index is 1700. The van der Waals surface area contributed by atoms with Crippen molar-refractivity contribution >= 4 is 57.9 Å². The van der Waals surface area contributed by atoms with Gasteiger partial charge in [0.1, 0.15) is 0 Å². The Morgan fingerprint density at radius 1 is 0.298 bits per heavy atom. The van der Waals surface area contributed by atoms with E-state index < -0.39 is 7.14 Å². The van der Waals surface area contributed by atoms with Gasteiger partial charge in [-0.05, 0) is 108 Å². The number of hydrogen-bond donors (Lipinski definition) is 0. The van der Waals surface area contributed by atoms with Crippen LogP contribution in [0, 0.1) is 0 Å². The van der Waals surface area contributed by atoms with Gasteiger partial charge < -0.3 is 4.57 Å². The minimum Gasteiger partial charge on any atom is -0.309 e. The first-order valence-corrected chi connectivity index (χ1v) is 18.8. The number of benzene rings is 6. The lowest BCUT2D eigenvalue weighted by molar-refractivity contribution is 0.592. The predicted octanol–water partition coefficient (Wildman–Crippen LogP) is 10.6. The molecule has 0 aliphatic rings. The van der Waals surface area contributed by atoms with Gasteiger partial charge in [-0.15, -0.1) is 0 Å². The van der Waals surface area contributed by atoms with Crippen LogP contribution in [0.3, 0.4) is 0 Å². The van der Waals surface area contributed by atoms with E-state index in [9.17, 15) is 0 Å². The fraction of sp³-hybridized carbons (Fsp3) is 0.143. The average molecular weight is 694 g/mol. The average Bonchev–Trinajstić information content (AvgIpc) is 3.11. The Hall–Kier alpha value is -3.58. The monoisotopic (exact) mass is 692 g/mol. The summed E-state index contributed by atoms with van der Waals surface area (Å²) in [7, 11) is -3.13. The van der Waals surface area contributed by atoms with Gasteiger partial charge in [0.2, 0.25) is 0 Å². The third-order valence-corrected chi connectivity index (χ3v) is 12.6. The lowest BCUT2D eigenvalue weighted by Gasteiger charge is -2.21. The van der Waals surface area contributed by atoms with Crippen molar-refractivity contribution in [3.05, 3.63) is 194 Å². The molecule has 0 fully saturated rings. The molecule has 6 aromatic carbocycles. The van der Waals surface area contributed by atoms with E-state index >= 15 is 4.57 Å². The maximum Gasteiger partial charge on any atom is 0.171 e. The summed E-state index contributed by atoms with van der Waals surface area (Å²) in [6, 6.07) is 49.1. The zero-order valence-electron chi connectivity index (χ0n) is 26.1. The fourth-order valence-electron chi connectivity index (χ4n) is 5.88. The molecule has 0 aliphatic heterocycles. The quantitative estimate of drug-likeness (QED) is 0.117. The summed E-state index contributed by atoms with van der Waals surface area (Å²) in [6.07, 6.45) is 5.46. The van der Waals surface area contributed by atoms with Gasteiger partial charge in [0.15, 0.2) is 7.14 Å². The molecule has 0 spiro atoms. The van der Waals surface area contributed by atoms with E-state index in [0.29, 0.717) is 0 Å². The van der Waals surface area contributed by atoms with E-state index in [1.807, 2.05) is 36.4 Å². The van der Waals surface area contributed by atoms with Crippen molar-refractivity contribution in [2.75, 3.05) is 0 Å². The number of halogens is 3. The van der Waals surface area contributed by atoms with Crippen LogP contribution in [0.2, 0.25) is 15.1 Å². The van der Waals surface area contributed by atoms with Gasteiger partial charge in [0.25, 0.3) is 0 Å². The van der Waals surface area contributed by atoms with Crippen molar-refractivity contribution in [1.29, 1.82) is 0 Å². The largest absolute Gasteiger partial charge is 0.309 e. The molecule has 1 nitrogen and oxygen atoms in total. The molecule has 0 heterocycles. The summed E-state index contributed by atoms with van der Waals surface area (Å²) < 4.78 is 15.3. The Morgan fingerprint density at radius 3 is 0.660 bits per heavy atom. The Morgan fingerprint density at radius 2 is 0.468 bits per heavy atom. The molecule has 0 amide bonds. The first kappa shape index (κ1) is 33.3. The lowest BCUT2D eigenvalue weighted by atomic mass is 10.0. The molecular weight excluding hydrogens is 658 g/mol. The van der Waals surface area contributed by atoms with Gasteiger partial charge in [-0.1, -0.05) is 144 Å². The molecule has 6 rings (SSSR count). The molecule has 0 aromatic heterocycles. The van der Waals surface area contributed by atoms with Crippen molar-refractivity contribution in [2.24, 2.45) is 0 Å². The third kappa shape index (κ3) is 8.67. The van der Waals surface area contributed by atoms with Crippen LogP contribution in [-0.2, 0) is 43.1 Å². The summed E-state index contributed by atoms with van der Waals surface area (Å²) >= 11 is 18.2. The normalized spacial score (nSPS) is 11.5. The van der Waals surface area contributed by atoms with Crippen molar-refractivity contribution in [3.8, 4) is 0 Å². The molecule has 236 valence electrons. The lowest BCUT2D eigenvalue weighted by Crippen LogP contribution is -2.25. The van der Waals surface area contributed by atoms with Gasteiger partial charge in [0, 0.05) is 31.0 Å². The summed E-state index contributed by atoms with van der Waals surface area (Å²) in [5.74, 6) is 0. The van der Waals surface area contributed by atoms with Gasteiger partial charge in [-0.3, -0.25) is 0 Å². The Labute approximate surface area is 293 Å². The van der Waals surface area contributed by atoms with Crippen LogP contribution < -0.4 is 15.9 Å². The maximum absolute atomic E-state index is 15.3. The highest BCUT2D eigenvalue weighted by Gasteiger charge is 2.29. The van der Waals surface area contributed by atoms with E-state index in [-0.39, 0.29) is 0 Å². The molecule has 6 aromatic rings. The van der Waals surface area contributed by atoms with Gasteiger partial charge in [0.05, 0.1) is 0 Å². The summed E-state index contributed by atoms with van der Waals surface area (Å²) in [5, 5.41) is 4.77. The molecule has 0 aliphatic carbocycles. The van der Waals surface area contributed by atoms with Crippen LogP contribution in [0.25, 0.3) is 0 Å². The van der Waals surface area contributed by atoms with E-state index in [0.717, 1.165) is 69.5 Å². The second-order valence-corrected chi connectivity index (χ2v) is 16.1. The first-order valence-electron chi connectivity index (χ1n) is 16.0. The van der Waals surface area contributed by atoms with Crippen molar-refractivity contribution in [3.63, 3.8) is 0 Å². The summed E-state index contributed by atoms with van der Waals surface area (Å²) in [5.41, 5.74) is 7.38. The van der Waals surface area contributed by atoms with E-state index in [2.05, 4.69) is 109 Å². The van der Waals surface area contributed by atoms with E-state index in [4.69, 9.17) is 34.8 Å². The molecule has 5 heteroatoms. The van der Waals surface area contributed by atoms with Crippen molar-refractivity contribution in [1.82, 2.24) is 0 Å². The Balaban J connectivity index is 1.24. The van der Waals surface area contributed by atoms with Gasteiger partial charge >= 0.3 is 0 Å². The van der Waals surface area contributed by atoms with Crippen molar-refractivity contribution in [2.45, 2.75) is 38.5 Å². The molecule has 0 saturated heterocycles. The minimum atomic E-state index is -3.13. The van der Waals surface area contributed by atoms with Crippen LogP contribution in [0.1, 0.15) is 33.4 Å². The molecule has 47 heavy (non-hydrogen) atoms. The van der Waals surface area contributed by atoms with Crippen LogP contribution >= 0.6 is 41.9 Å². The first-order chi connectivity index (χ1) is 22.8. The SMILES string of the molecule is O=P(c1ccc(CCc2ccc(Cl)cc2)cc1)(c1ccc(CCc2ccc(Cl)cc2)cc1)c1ccc(CCc2ccc(Cl)cc2)cc1. The molecule has 0 N–H and O–H groups in total. The highest BCUT2D eigenvalue weighted by Crippen LogP contribution is 2.42. The Kier molecular flexibility index (Phi) is 11.0. The molecule has 0 bridgehead atoms. The van der Waals surface area contributed by atoms with E-state index in [1.54, 1.807) is 0 Å². The van der Waals surface area contributed by atoms with Crippen molar-refractivity contribution < 1.29 is 4.57 Å². The number of rotatable bonds is 12. The predicted molar refractivity (Wildman–Crippen MR) is 202 cm³/mol. The molecule has 0 atom stereocenters. The maximum atomic E-state index is 15.3. The second-order valence-electron chi connectivity index (χ2n) is 12.0. The minimum absolute atomic E-state index is 0.748. The molecular formula is C42H36Cl3OP. The summed E-state index contributed by atoms with van der Waals surface area (Å²) in [4.78, 5) is 0. The second kappa shape index (κ2) is 15.5. The van der Waals surface area contributed by atoms with Crippen LogP contribution in [0.15, 0.2) is 146 Å². The highest BCUT2D eigenvalue weighted by atomic mass is 35.5. The third-order valence-electron chi connectivity index (χ3n) is 8.75.